The zero-order valence-electron chi connectivity index (χ0n) is 26.2. The number of halogens is 3. The number of carboxylic acids is 1. The van der Waals surface area contributed by atoms with Gasteiger partial charge in [-0.1, -0.05) is 32.0 Å². The molecule has 1 aliphatic heterocycles. The van der Waals surface area contributed by atoms with Crippen molar-refractivity contribution in [3.63, 3.8) is 0 Å². The van der Waals surface area contributed by atoms with Crippen LogP contribution in [0.1, 0.15) is 80.8 Å². The Morgan fingerprint density at radius 2 is 1.80 bits per heavy atom. The van der Waals surface area contributed by atoms with Gasteiger partial charge in [-0.05, 0) is 112 Å². The Bertz CT molecular complexity index is 1440. The highest BCUT2D eigenvalue weighted by Gasteiger charge is 2.42. The molecule has 2 aromatic carbocycles. The van der Waals surface area contributed by atoms with Gasteiger partial charge in [0, 0.05) is 37.2 Å². The van der Waals surface area contributed by atoms with Gasteiger partial charge in [0.25, 0.3) is 0 Å². The molecule has 0 radical (unpaired) electrons. The second-order valence-corrected chi connectivity index (χ2v) is 13.1. The molecule has 1 aromatic heterocycles. The predicted octanol–water partition coefficient (Wildman–Crippen LogP) is 6.69. The van der Waals surface area contributed by atoms with Gasteiger partial charge in [0.15, 0.2) is 11.6 Å². The minimum Gasteiger partial charge on any atom is -0.480 e. The zero-order chi connectivity index (χ0) is 31.5. The summed E-state index contributed by atoms with van der Waals surface area (Å²) in [5.41, 5.74) is 3.74. The van der Waals surface area contributed by atoms with E-state index < -0.39 is 23.6 Å². The topological polar surface area (TPSA) is 61.6 Å². The predicted molar refractivity (Wildman–Crippen MR) is 165 cm³/mol. The summed E-state index contributed by atoms with van der Waals surface area (Å²) in [7, 11) is 1.93. The highest BCUT2D eigenvalue weighted by molar-refractivity contribution is 5.73. The van der Waals surface area contributed by atoms with Crippen LogP contribution in [0.4, 0.5) is 13.2 Å². The van der Waals surface area contributed by atoms with E-state index in [1.807, 2.05) is 36.5 Å². The van der Waals surface area contributed by atoms with E-state index in [1.165, 1.54) is 17.8 Å². The molecule has 2 aliphatic rings. The summed E-state index contributed by atoms with van der Waals surface area (Å²) >= 11 is 0. The molecule has 1 N–H and O–H groups in total. The molecule has 0 bridgehead atoms. The third kappa shape index (κ3) is 7.20. The van der Waals surface area contributed by atoms with Gasteiger partial charge in [0.1, 0.15) is 11.9 Å². The summed E-state index contributed by atoms with van der Waals surface area (Å²) in [4.78, 5) is 16.7. The number of likely N-dealkylation sites (tertiary alicyclic amines) is 1. The Balaban J connectivity index is 1.26. The van der Waals surface area contributed by atoms with E-state index in [9.17, 15) is 23.1 Å². The van der Waals surface area contributed by atoms with Crippen molar-refractivity contribution < 1.29 is 23.1 Å². The number of hydrogen-bond donors (Lipinski definition) is 1. The quantitative estimate of drug-likeness (QED) is 0.262. The van der Waals surface area contributed by atoms with E-state index in [0.29, 0.717) is 23.8 Å². The SMILES string of the molecule is CCn1nc(Cc2ccc(F)c(F)c2)cc1C1CCN(CC2CC(N(C)[C@@H](C(=O)O)C(C)C)CC2c2cccc(F)c2)CC1. The number of hydrogen-bond acceptors (Lipinski definition) is 4. The van der Waals surface area contributed by atoms with Gasteiger partial charge in [-0.25, -0.2) is 13.2 Å². The number of benzene rings is 2. The van der Waals surface area contributed by atoms with Crippen molar-refractivity contribution in [1.82, 2.24) is 19.6 Å². The van der Waals surface area contributed by atoms with Gasteiger partial charge in [0.05, 0.1) is 5.69 Å². The lowest BCUT2D eigenvalue weighted by Crippen LogP contribution is -2.47. The number of aliphatic carboxylic acids is 1. The minimum atomic E-state index is -0.845. The van der Waals surface area contributed by atoms with Crippen LogP contribution >= 0.6 is 0 Å². The average molecular weight is 611 g/mol. The van der Waals surface area contributed by atoms with Gasteiger partial charge in [-0.15, -0.1) is 0 Å². The third-order valence-electron chi connectivity index (χ3n) is 9.87. The maximum atomic E-state index is 14.3. The molecule has 6 nitrogen and oxygen atoms in total. The van der Waals surface area contributed by atoms with Crippen LogP contribution < -0.4 is 0 Å². The third-order valence-corrected chi connectivity index (χ3v) is 9.87. The molecule has 3 unspecified atom stereocenters. The number of rotatable bonds is 11. The molecule has 2 fully saturated rings. The van der Waals surface area contributed by atoms with E-state index in [0.717, 1.165) is 69.2 Å². The fourth-order valence-corrected chi connectivity index (χ4v) is 7.69. The summed E-state index contributed by atoms with van der Waals surface area (Å²) in [5.74, 6) is -1.91. The van der Waals surface area contributed by atoms with Crippen LogP contribution in [0.3, 0.4) is 0 Å². The highest BCUT2D eigenvalue weighted by Crippen LogP contribution is 2.43. The monoisotopic (exact) mass is 610 g/mol. The Morgan fingerprint density at radius 3 is 2.43 bits per heavy atom. The summed E-state index contributed by atoms with van der Waals surface area (Å²) < 4.78 is 43.5. The smallest absolute Gasteiger partial charge is 0.321 e. The average Bonchev–Trinajstić information content (AvgIpc) is 3.59. The van der Waals surface area contributed by atoms with Gasteiger partial charge < -0.3 is 10.0 Å². The maximum absolute atomic E-state index is 14.3. The van der Waals surface area contributed by atoms with Crippen molar-refractivity contribution in [2.24, 2.45) is 11.8 Å². The number of aryl methyl sites for hydroxylation is 1. The first-order valence-corrected chi connectivity index (χ1v) is 16.0. The number of likely N-dealkylation sites (N-methyl/N-ethyl adjacent to an activating group) is 1. The molecule has 1 saturated heterocycles. The van der Waals surface area contributed by atoms with Gasteiger partial charge >= 0.3 is 5.97 Å². The van der Waals surface area contributed by atoms with Crippen LogP contribution in [0.15, 0.2) is 48.5 Å². The molecule has 9 heteroatoms. The fourth-order valence-electron chi connectivity index (χ4n) is 7.69. The number of carboxylic acid groups (broad SMARTS) is 1. The summed E-state index contributed by atoms with van der Waals surface area (Å²) in [6, 6.07) is 12.6. The van der Waals surface area contributed by atoms with Crippen molar-refractivity contribution in [1.29, 1.82) is 0 Å². The van der Waals surface area contributed by atoms with Crippen LogP contribution in [-0.4, -0.2) is 69.4 Å². The molecule has 1 aliphatic carbocycles. The van der Waals surface area contributed by atoms with Crippen molar-refractivity contribution in [2.75, 3.05) is 26.7 Å². The molecule has 238 valence electrons. The molecular weight excluding hydrogens is 565 g/mol. The number of carbonyl (C=O) groups is 1. The molecule has 0 spiro atoms. The first kappa shape index (κ1) is 32.2. The van der Waals surface area contributed by atoms with E-state index >= 15 is 0 Å². The van der Waals surface area contributed by atoms with Crippen LogP contribution in [0.25, 0.3) is 0 Å². The molecule has 1 saturated carbocycles. The Kier molecular flexibility index (Phi) is 10.2. The Labute approximate surface area is 258 Å². The number of nitrogens with zero attached hydrogens (tertiary/aromatic N) is 4. The Hall–Kier alpha value is -3.17. The fraction of sp³-hybridized carbons (Fsp3) is 0.543. The lowest BCUT2D eigenvalue weighted by Gasteiger charge is -2.35. The molecular formula is C35H45F3N4O2. The normalized spacial score (nSPS) is 22.2. The van der Waals surface area contributed by atoms with Crippen LogP contribution in [0, 0.1) is 29.3 Å². The van der Waals surface area contributed by atoms with Crippen LogP contribution in [0.5, 0.6) is 0 Å². The van der Waals surface area contributed by atoms with Gasteiger partial charge in [-0.3, -0.25) is 14.4 Å². The lowest BCUT2D eigenvalue weighted by molar-refractivity contribution is -0.145. The molecule has 2 heterocycles. The van der Waals surface area contributed by atoms with Crippen molar-refractivity contribution in [3.05, 3.63) is 88.5 Å². The largest absolute Gasteiger partial charge is 0.480 e. The summed E-state index contributed by atoms with van der Waals surface area (Å²) in [6.45, 7) is 9.49. The standard InChI is InChI=1S/C35H45F3N4O2/c1-5-42-33(19-28(39-42)15-23-9-10-31(37)32(38)16-23)24-11-13-41(14-12-24)21-26-18-29(40(4)34(22(2)3)35(43)44)20-30(26)25-7-6-8-27(36)17-25/h6-10,16-17,19,22,24,26,29-30,34H,5,11-15,18,20-21H2,1-4H3,(H,43,44)/t26?,29?,30?,34-/m1/s1. The summed E-state index contributed by atoms with van der Waals surface area (Å²) in [6.07, 6.45) is 4.13. The number of aromatic nitrogens is 2. The minimum absolute atomic E-state index is 0.0165. The van der Waals surface area contributed by atoms with Crippen LogP contribution in [-0.2, 0) is 17.8 Å². The van der Waals surface area contributed by atoms with E-state index in [-0.39, 0.29) is 23.7 Å². The Morgan fingerprint density at radius 1 is 1.05 bits per heavy atom. The molecule has 5 rings (SSSR count). The lowest BCUT2D eigenvalue weighted by atomic mass is 9.87. The van der Waals surface area contributed by atoms with E-state index in [2.05, 4.69) is 17.9 Å². The molecule has 4 atom stereocenters. The number of piperidine rings is 1. The highest BCUT2D eigenvalue weighted by atomic mass is 19.2. The van der Waals surface area contributed by atoms with Crippen molar-refractivity contribution in [2.45, 2.75) is 83.3 Å². The van der Waals surface area contributed by atoms with E-state index in [4.69, 9.17) is 5.10 Å². The van der Waals surface area contributed by atoms with Crippen molar-refractivity contribution in [3.8, 4) is 0 Å². The molecule has 44 heavy (non-hydrogen) atoms. The first-order chi connectivity index (χ1) is 21.0. The van der Waals surface area contributed by atoms with Gasteiger partial charge in [0.2, 0.25) is 0 Å². The van der Waals surface area contributed by atoms with E-state index in [1.54, 1.807) is 18.2 Å². The zero-order valence-corrected chi connectivity index (χ0v) is 26.2. The maximum Gasteiger partial charge on any atom is 0.321 e. The van der Waals surface area contributed by atoms with Crippen molar-refractivity contribution >= 4 is 5.97 Å². The summed E-state index contributed by atoms with van der Waals surface area (Å²) in [5, 5.41) is 14.7. The van der Waals surface area contributed by atoms with Crippen LogP contribution in [0.2, 0.25) is 0 Å². The molecule has 0 amide bonds. The second kappa shape index (κ2) is 13.9. The first-order valence-electron chi connectivity index (χ1n) is 16.0. The second-order valence-electron chi connectivity index (χ2n) is 13.1. The molecule has 3 aromatic rings. The van der Waals surface area contributed by atoms with Gasteiger partial charge in [-0.2, -0.15) is 5.10 Å².